The highest BCUT2D eigenvalue weighted by atomic mass is 16.5. The number of ether oxygens (including phenoxy) is 1. The summed E-state index contributed by atoms with van der Waals surface area (Å²) in [7, 11) is 1.32. The SMILES string of the molecule is COC(=O)C1(C(=O)NCCc2ccc(C)cc2)CC1. The lowest BCUT2D eigenvalue weighted by Crippen LogP contribution is -2.38. The molecule has 1 aliphatic rings. The van der Waals surface area contributed by atoms with Gasteiger partial charge in [0.1, 0.15) is 5.41 Å². The summed E-state index contributed by atoms with van der Waals surface area (Å²) in [6, 6.07) is 8.20. The Kier molecular flexibility index (Phi) is 3.88. The van der Waals surface area contributed by atoms with Crippen molar-refractivity contribution in [2.45, 2.75) is 26.2 Å². The van der Waals surface area contributed by atoms with Crippen LogP contribution in [0.2, 0.25) is 0 Å². The van der Waals surface area contributed by atoms with Gasteiger partial charge in [-0.1, -0.05) is 29.8 Å². The monoisotopic (exact) mass is 261 g/mol. The second-order valence-corrected chi connectivity index (χ2v) is 5.07. The van der Waals surface area contributed by atoms with E-state index in [2.05, 4.69) is 22.2 Å². The van der Waals surface area contributed by atoms with Gasteiger partial charge in [0.25, 0.3) is 0 Å². The molecule has 0 atom stereocenters. The number of methoxy groups -OCH3 is 1. The lowest BCUT2D eigenvalue weighted by molar-refractivity contribution is -0.152. The predicted octanol–water partition coefficient (Wildman–Crippen LogP) is 1.61. The van der Waals surface area contributed by atoms with Gasteiger partial charge in [0.15, 0.2) is 0 Å². The molecule has 4 heteroatoms. The second kappa shape index (κ2) is 5.43. The normalized spacial score (nSPS) is 15.7. The molecule has 0 saturated heterocycles. The van der Waals surface area contributed by atoms with E-state index in [0.717, 1.165) is 6.42 Å². The van der Waals surface area contributed by atoms with Crippen LogP contribution in [0.5, 0.6) is 0 Å². The Hall–Kier alpha value is -1.84. The Bertz CT molecular complexity index is 475. The Balaban J connectivity index is 1.81. The Morgan fingerprint density at radius 2 is 1.89 bits per heavy atom. The van der Waals surface area contributed by atoms with E-state index in [1.54, 1.807) is 0 Å². The van der Waals surface area contributed by atoms with E-state index in [1.165, 1.54) is 18.2 Å². The van der Waals surface area contributed by atoms with Crippen LogP contribution in [0.3, 0.4) is 0 Å². The summed E-state index contributed by atoms with van der Waals surface area (Å²) in [5, 5.41) is 2.82. The van der Waals surface area contributed by atoms with Crippen LogP contribution in [0.1, 0.15) is 24.0 Å². The smallest absolute Gasteiger partial charge is 0.321 e. The van der Waals surface area contributed by atoms with Gasteiger partial charge in [-0.25, -0.2) is 0 Å². The van der Waals surface area contributed by atoms with E-state index in [-0.39, 0.29) is 5.91 Å². The molecular formula is C15H19NO3. The number of amides is 1. The zero-order valence-corrected chi connectivity index (χ0v) is 11.4. The van der Waals surface area contributed by atoms with Crippen molar-refractivity contribution in [2.75, 3.05) is 13.7 Å². The standard InChI is InChI=1S/C15H19NO3/c1-11-3-5-12(6-4-11)7-10-16-13(17)15(8-9-15)14(18)19-2/h3-6H,7-10H2,1-2H3,(H,16,17). The van der Waals surface area contributed by atoms with Crippen LogP contribution in [0.25, 0.3) is 0 Å². The van der Waals surface area contributed by atoms with Crippen LogP contribution in [-0.2, 0) is 20.7 Å². The van der Waals surface area contributed by atoms with Gasteiger partial charge >= 0.3 is 5.97 Å². The minimum absolute atomic E-state index is 0.202. The molecule has 1 N–H and O–H groups in total. The molecule has 1 fully saturated rings. The molecule has 0 aliphatic heterocycles. The lowest BCUT2D eigenvalue weighted by atomic mass is 10.1. The Morgan fingerprint density at radius 1 is 1.26 bits per heavy atom. The number of rotatable bonds is 5. The van der Waals surface area contributed by atoms with Crippen LogP contribution in [0.15, 0.2) is 24.3 Å². The first-order valence-corrected chi connectivity index (χ1v) is 6.51. The molecule has 102 valence electrons. The van der Waals surface area contributed by atoms with Crippen molar-refractivity contribution in [1.29, 1.82) is 0 Å². The van der Waals surface area contributed by atoms with Crippen molar-refractivity contribution in [3.8, 4) is 0 Å². The Labute approximate surface area is 113 Å². The number of carbonyl (C=O) groups is 2. The summed E-state index contributed by atoms with van der Waals surface area (Å²) in [4.78, 5) is 23.5. The van der Waals surface area contributed by atoms with E-state index in [9.17, 15) is 9.59 Å². The van der Waals surface area contributed by atoms with Crippen molar-refractivity contribution in [3.63, 3.8) is 0 Å². The van der Waals surface area contributed by atoms with Crippen LogP contribution in [-0.4, -0.2) is 25.5 Å². The zero-order valence-electron chi connectivity index (χ0n) is 11.4. The maximum absolute atomic E-state index is 12.0. The molecular weight excluding hydrogens is 242 g/mol. The van der Waals surface area contributed by atoms with Gasteiger partial charge < -0.3 is 10.1 Å². The lowest BCUT2D eigenvalue weighted by Gasteiger charge is -2.12. The summed E-state index contributed by atoms with van der Waals surface area (Å²) in [5.74, 6) is -0.619. The molecule has 0 bridgehead atoms. The minimum Gasteiger partial charge on any atom is -0.468 e. The first kappa shape index (κ1) is 13.6. The highest BCUT2D eigenvalue weighted by molar-refractivity contribution is 6.05. The molecule has 0 radical (unpaired) electrons. The van der Waals surface area contributed by atoms with Gasteiger partial charge in [-0.05, 0) is 31.7 Å². The molecule has 0 spiro atoms. The van der Waals surface area contributed by atoms with Crippen molar-refractivity contribution in [2.24, 2.45) is 5.41 Å². The summed E-state index contributed by atoms with van der Waals surface area (Å²) >= 11 is 0. The maximum atomic E-state index is 12.0. The summed E-state index contributed by atoms with van der Waals surface area (Å²) in [6.07, 6.45) is 1.95. The third-order valence-electron chi connectivity index (χ3n) is 3.58. The molecule has 1 aromatic rings. The van der Waals surface area contributed by atoms with Gasteiger partial charge in [0.05, 0.1) is 7.11 Å². The molecule has 0 unspecified atom stereocenters. The van der Waals surface area contributed by atoms with Crippen LogP contribution < -0.4 is 5.32 Å². The summed E-state index contributed by atoms with van der Waals surface area (Å²) in [5.41, 5.74) is 1.49. The van der Waals surface area contributed by atoms with E-state index >= 15 is 0 Å². The fourth-order valence-electron chi connectivity index (χ4n) is 2.09. The van der Waals surface area contributed by atoms with Crippen molar-refractivity contribution < 1.29 is 14.3 Å². The predicted molar refractivity (Wildman–Crippen MR) is 71.6 cm³/mol. The van der Waals surface area contributed by atoms with Crippen LogP contribution >= 0.6 is 0 Å². The van der Waals surface area contributed by atoms with Crippen molar-refractivity contribution in [3.05, 3.63) is 35.4 Å². The first-order chi connectivity index (χ1) is 9.08. The van der Waals surface area contributed by atoms with Gasteiger partial charge in [0.2, 0.25) is 5.91 Å². The minimum atomic E-state index is -0.901. The first-order valence-electron chi connectivity index (χ1n) is 6.51. The molecule has 1 amide bonds. The van der Waals surface area contributed by atoms with Gasteiger partial charge in [0, 0.05) is 6.54 Å². The van der Waals surface area contributed by atoms with Crippen molar-refractivity contribution >= 4 is 11.9 Å². The van der Waals surface area contributed by atoms with E-state index in [4.69, 9.17) is 0 Å². The third-order valence-corrected chi connectivity index (χ3v) is 3.58. The van der Waals surface area contributed by atoms with E-state index < -0.39 is 11.4 Å². The largest absolute Gasteiger partial charge is 0.468 e. The van der Waals surface area contributed by atoms with E-state index in [1.807, 2.05) is 19.1 Å². The quantitative estimate of drug-likeness (QED) is 0.647. The topological polar surface area (TPSA) is 55.4 Å². The molecule has 0 aromatic heterocycles. The maximum Gasteiger partial charge on any atom is 0.321 e. The number of nitrogens with one attached hydrogen (secondary N) is 1. The highest BCUT2D eigenvalue weighted by Gasteiger charge is 2.57. The van der Waals surface area contributed by atoms with Gasteiger partial charge in [-0.3, -0.25) is 9.59 Å². The fraction of sp³-hybridized carbons (Fsp3) is 0.467. The molecule has 1 saturated carbocycles. The molecule has 1 aromatic carbocycles. The molecule has 2 rings (SSSR count). The number of carbonyl (C=O) groups excluding carboxylic acids is 2. The average Bonchev–Trinajstić information content (AvgIpc) is 3.21. The van der Waals surface area contributed by atoms with Gasteiger partial charge in [-0.2, -0.15) is 0 Å². The van der Waals surface area contributed by atoms with E-state index in [0.29, 0.717) is 19.4 Å². The van der Waals surface area contributed by atoms with Crippen molar-refractivity contribution in [1.82, 2.24) is 5.32 Å². The molecule has 0 heterocycles. The molecule has 4 nitrogen and oxygen atoms in total. The molecule has 19 heavy (non-hydrogen) atoms. The third kappa shape index (κ3) is 2.95. The molecule has 1 aliphatic carbocycles. The van der Waals surface area contributed by atoms with Gasteiger partial charge in [-0.15, -0.1) is 0 Å². The average molecular weight is 261 g/mol. The number of hydrogen-bond acceptors (Lipinski definition) is 3. The number of aryl methyl sites for hydroxylation is 1. The summed E-state index contributed by atoms with van der Waals surface area (Å²) in [6.45, 7) is 2.58. The zero-order chi connectivity index (χ0) is 13.9. The number of hydrogen-bond donors (Lipinski definition) is 1. The second-order valence-electron chi connectivity index (χ2n) is 5.07. The number of benzene rings is 1. The highest BCUT2D eigenvalue weighted by Crippen LogP contribution is 2.46. The fourth-order valence-corrected chi connectivity index (χ4v) is 2.09. The Morgan fingerprint density at radius 3 is 2.42 bits per heavy atom. The van der Waals surface area contributed by atoms with Crippen LogP contribution in [0.4, 0.5) is 0 Å². The van der Waals surface area contributed by atoms with Crippen LogP contribution in [0, 0.1) is 12.3 Å². The summed E-state index contributed by atoms with van der Waals surface area (Å²) < 4.78 is 4.68. The number of esters is 1.